The molecule has 0 aliphatic carbocycles. The van der Waals surface area contributed by atoms with E-state index in [0.29, 0.717) is 13.2 Å². The smallest absolute Gasteiger partial charge is 0.161 e. The fraction of sp³-hybridized carbons (Fsp3) is 0.625. The van der Waals surface area contributed by atoms with Crippen molar-refractivity contribution >= 4 is 0 Å². The molecule has 2 aliphatic rings. The van der Waals surface area contributed by atoms with Gasteiger partial charge < -0.3 is 14.6 Å². The van der Waals surface area contributed by atoms with Crippen molar-refractivity contribution < 1.29 is 14.6 Å². The van der Waals surface area contributed by atoms with E-state index < -0.39 is 6.10 Å². The number of benzene rings is 1. The molecule has 0 spiro atoms. The van der Waals surface area contributed by atoms with Gasteiger partial charge in [0.15, 0.2) is 11.5 Å². The SMILES string of the molecule is CC(C)(C(O)c1ccc2c(c1)OCCO2)N1CCCC1. The van der Waals surface area contributed by atoms with Crippen LogP contribution in [0.5, 0.6) is 11.5 Å². The first kappa shape index (κ1) is 13.7. The Morgan fingerprint density at radius 1 is 1.10 bits per heavy atom. The molecule has 0 amide bonds. The number of hydrogen-bond donors (Lipinski definition) is 1. The molecule has 1 atom stereocenters. The molecule has 1 saturated heterocycles. The number of nitrogens with zero attached hydrogens (tertiary/aromatic N) is 1. The summed E-state index contributed by atoms with van der Waals surface area (Å²) in [7, 11) is 0. The summed E-state index contributed by atoms with van der Waals surface area (Å²) in [5.74, 6) is 1.51. The first-order chi connectivity index (χ1) is 9.59. The lowest BCUT2D eigenvalue weighted by molar-refractivity contribution is 0.00107. The molecule has 0 bridgehead atoms. The van der Waals surface area contributed by atoms with Crippen molar-refractivity contribution in [3.63, 3.8) is 0 Å². The summed E-state index contributed by atoms with van der Waals surface area (Å²) in [6, 6.07) is 5.75. The molecule has 4 heteroatoms. The van der Waals surface area contributed by atoms with Crippen molar-refractivity contribution in [2.24, 2.45) is 0 Å². The zero-order valence-corrected chi connectivity index (χ0v) is 12.3. The van der Waals surface area contributed by atoms with Crippen LogP contribution in [0.4, 0.5) is 0 Å². The van der Waals surface area contributed by atoms with Crippen LogP contribution in [-0.4, -0.2) is 41.8 Å². The maximum atomic E-state index is 10.8. The van der Waals surface area contributed by atoms with Gasteiger partial charge in [-0.05, 0) is 57.5 Å². The average Bonchev–Trinajstić information content (AvgIpc) is 3.01. The zero-order valence-electron chi connectivity index (χ0n) is 12.3. The van der Waals surface area contributed by atoms with Crippen LogP contribution in [0, 0.1) is 0 Å². The van der Waals surface area contributed by atoms with E-state index in [4.69, 9.17) is 9.47 Å². The normalized spacial score (nSPS) is 20.9. The lowest BCUT2D eigenvalue weighted by Gasteiger charge is -2.39. The van der Waals surface area contributed by atoms with Crippen LogP contribution < -0.4 is 9.47 Å². The second-order valence-corrected chi connectivity index (χ2v) is 6.15. The van der Waals surface area contributed by atoms with Crippen LogP contribution in [0.2, 0.25) is 0 Å². The lowest BCUT2D eigenvalue weighted by atomic mass is 9.89. The standard InChI is InChI=1S/C16H23NO3/c1-16(2,17-7-3-4-8-17)15(18)12-5-6-13-14(11-12)20-10-9-19-13/h5-6,11,15,18H,3-4,7-10H2,1-2H3. The van der Waals surface area contributed by atoms with Crippen LogP contribution >= 0.6 is 0 Å². The molecule has 4 nitrogen and oxygen atoms in total. The van der Waals surface area contributed by atoms with Crippen molar-refractivity contribution in [1.29, 1.82) is 0 Å². The monoisotopic (exact) mass is 277 g/mol. The lowest BCUT2D eigenvalue weighted by Crippen LogP contribution is -2.46. The third-order valence-corrected chi connectivity index (χ3v) is 4.47. The first-order valence-corrected chi connectivity index (χ1v) is 7.42. The maximum Gasteiger partial charge on any atom is 0.161 e. The van der Waals surface area contributed by atoms with Crippen LogP contribution in [0.25, 0.3) is 0 Å². The molecule has 0 radical (unpaired) electrons. The van der Waals surface area contributed by atoms with Crippen LogP contribution in [0.1, 0.15) is 38.4 Å². The van der Waals surface area contributed by atoms with Crippen molar-refractivity contribution in [1.82, 2.24) is 4.90 Å². The first-order valence-electron chi connectivity index (χ1n) is 7.42. The molecule has 2 aliphatic heterocycles. The van der Waals surface area contributed by atoms with E-state index in [1.54, 1.807) is 0 Å². The molecule has 1 N–H and O–H groups in total. The second kappa shape index (κ2) is 5.26. The Morgan fingerprint density at radius 3 is 2.45 bits per heavy atom. The van der Waals surface area contributed by atoms with Gasteiger partial charge in [0.1, 0.15) is 13.2 Å². The highest BCUT2D eigenvalue weighted by Crippen LogP contribution is 2.38. The fourth-order valence-corrected chi connectivity index (χ4v) is 3.10. The average molecular weight is 277 g/mol. The fourth-order valence-electron chi connectivity index (χ4n) is 3.10. The number of fused-ring (bicyclic) bond motifs is 1. The topological polar surface area (TPSA) is 41.9 Å². The summed E-state index contributed by atoms with van der Waals surface area (Å²) in [5, 5.41) is 10.8. The highest BCUT2D eigenvalue weighted by molar-refractivity contribution is 5.44. The van der Waals surface area contributed by atoms with Gasteiger partial charge in [-0.3, -0.25) is 4.90 Å². The molecule has 20 heavy (non-hydrogen) atoms. The van der Waals surface area contributed by atoms with E-state index in [1.165, 1.54) is 12.8 Å². The van der Waals surface area contributed by atoms with Crippen molar-refractivity contribution in [3.05, 3.63) is 23.8 Å². The largest absolute Gasteiger partial charge is 0.486 e. The Hall–Kier alpha value is -1.26. The third-order valence-electron chi connectivity index (χ3n) is 4.47. The van der Waals surface area contributed by atoms with E-state index >= 15 is 0 Å². The molecule has 3 rings (SSSR count). The summed E-state index contributed by atoms with van der Waals surface area (Å²) in [4.78, 5) is 2.37. The van der Waals surface area contributed by atoms with E-state index in [2.05, 4.69) is 18.7 Å². The van der Waals surface area contributed by atoms with Gasteiger partial charge in [-0.25, -0.2) is 0 Å². The number of rotatable bonds is 3. The number of aliphatic hydroxyl groups excluding tert-OH is 1. The van der Waals surface area contributed by atoms with Gasteiger partial charge in [0, 0.05) is 5.54 Å². The van der Waals surface area contributed by atoms with Crippen molar-refractivity contribution in [2.45, 2.75) is 38.3 Å². The Kier molecular flexibility index (Phi) is 3.61. The number of aliphatic hydroxyl groups is 1. The second-order valence-electron chi connectivity index (χ2n) is 6.15. The predicted octanol–water partition coefficient (Wildman–Crippen LogP) is 2.37. The Labute approximate surface area is 120 Å². The Morgan fingerprint density at radius 2 is 1.75 bits per heavy atom. The highest BCUT2D eigenvalue weighted by Gasteiger charge is 2.37. The summed E-state index contributed by atoms with van der Waals surface area (Å²) < 4.78 is 11.1. The van der Waals surface area contributed by atoms with Gasteiger partial charge in [0.05, 0.1) is 6.10 Å². The van der Waals surface area contributed by atoms with Gasteiger partial charge >= 0.3 is 0 Å². The van der Waals surface area contributed by atoms with Gasteiger partial charge in [-0.2, -0.15) is 0 Å². The van der Waals surface area contributed by atoms with Gasteiger partial charge in [0.2, 0.25) is 0 Å². The minimum absolute atomic E-state index is 0.264. The summed E-state index contributed by atoms with van der Waals surface area (Å²) >= 11 is 0. The van der Waals surface area contributed by atoms with E-state index in [1.807, 2.05) is 18.2 Å². The molecule has 0 aromatic heterocycles. The minimum Gasteiger partial charge on any atom is -0.486 e. The minimum atomic E-state index is -0.531. The molecule has 1 aromatic rings. The molecule has 2 heterocycles. The predicted molar refractivity (Wildman–Crippen MR) is 77.3 cm³/mol. The number of hydrogen-bond acceptors (Lipinski definition) is 4. The molecule has 0 saturated carbocycles. The summed E-state index contributed by atoms with van der Waals surface area (Å²) in [5.41, 5.74) is 0.631. The Balaban J connectivity index is 1.84. The van der Waals surface area contributed by atoms with Crippen LogP contribution in [0.3, 0.4) is 0 Å². The third kappa shape index (κ3) is 2.38. The number of ether oxygens (including phenoxy) is 2. The molecule has 1 aromatic carbocycles. The van der Waals surface area contributed by atoms with Gasteiger partial charge in [-0.15, -0.1) is 0 Å². The Bertz CT molecular complexity index is 481. The van der Waals surface area contributed by atoms with Crippen LogP contribution in [0.15, 0.2) is 18.2 Å². The van der Waals surface area contributed by atoms with E-state index in [9.17, 15) is 5.11 Å². The summed E-state index contributed by atoms with van der Waals surface area (Å²) in [6.45, 7) is 7.51. The maximum absolute atomic E-state index is 10.8. The summed E-state index contributed by atoms with van der Waals surface area (Å²) in [6.07, 6.45) is 1.91. The van der Waals surface area contributed by atoms with Gasteiger partial charge in [-0.1, -0.05) is 6.07 Å². The molecule has 110 valence electrons. The highest BCUT2D eigenvalue weighted by atomic mass is 16.6. The molecule has 1 fully saturated rings. The molecular formula is C16H23NO3. The zero-order chi connectivity index (χ0) is 14.2. The van der Waals surface area contributed by atoms with Crippen LogP contribution in [-0.2, 0) is 0 Å². The van der Waals surface area contributed by atoms with Gasteiger partial charge in [0.25, 0.3) is 0 Å². The van der Waals surface area contributed by atoms with E-state index in [0.717, 1.165) is 30.2 Å². The molecule has 1 unspecified atom stereocenters. The molecular weight excluding hydrogens is 254 g/mol. The number of likely N-dealkylation sites (tertiary alicyclic amines) is 1. The van der Waals surface area contributed by atoms with Crippen molar-refractivity contribution in [3.8, 4) is 11.5 Å². The van der Waals surface area contributed by atoms with E-state index in [-0.39, 0.29) is 5.54 Å². The van der Waals surface area contributed by atoms with Crippen molar-refractivity contribution in [2.75, 3.05) is 26.3 Å². The quantitative estimate of drug-likeness (QED) is 0.921.